The van der Waals surface area contributed by atoms with Crippen molar-refractivity contribution < 1.29 is 19.0 Å². The van der Waals surface area contributed by atoms with E-state index in [9.17, 15) is 19.6 Å². The topological polar surface area (TPSA) is 102 Å². The Labute approximate surface area is 164 Å². The van der Waals surface area contributed by atoms with Gasteiger partial charge in [0.25, 0.3) is 5.91 Å². The average molecular weight is 386 g/mol. The fourth-order valence-corrected chi connectivity index (χ4v) is 4.63. The fraction of sp³-hybridized carbons (Fsp3) is 0.550. The van der Waals surface area contributed by atoms with E-state index in [1.807, 2.05) is 19.2 Å². The summed E-state index contributed by atoms with van der Waals surface area (Å²) in [6.45, 7) is 2.59. The Morgan fingerprint density at radius 3 is 2.64 bits per heavy atom. The number of hydrogen-bond donors (Lipinski definition) is 2. The number of quaternary nitrogens is 1. The van der Waals surface area contributed by atoms with E-state index in [4.69, 9.17) is 0 Å². The highest BCUT2D eigenvalue weighted by Crippen LogP contribution is 2.36. The van der Waals surface area contributed by atoms with Gasteiger partial charge in [-0.05, 0) is 44.6 Å². The number of piperidine rings is 2. The summed E-state index contributed by atoms with van der Waals surface area (Å²) in [6.07, 6.45) is 2.35. The third-order valence-electron chi connectivity index (χ3n) is 6.34. The molecule has 0 spiro atoms. The number of benzene rings is 1. The van der Waals surface area contributed by atoms with Gasteiger partial charge in [0.05, 0.1) is 5.56 Å². The number of nitrogens with zero attached hydrogens (tertiary/aromatic N) is 2. The monoisotopic (exact) mass is 386 g/mol. The van der Waals surface area contributed by atoms with Gasteiger partial charge in [0.1, 0.15) is 6.54 Å². The molecule has 28 heavy (non-hydrogen) atoms. The molecular formula is C20H26N4O4. The SMILES string of the molecule is CNC1CCN(Cc2cccc3c2C[N+]([O-])(C2CCC(=O)NC2=O)C3=O)CC1. The van der Waals surface area contributed by atoms with E-state index in [-0.39, 0.29) is 25.3 Å². The maximum atomic E-state index is 13.5. The van der Waals surface area contributed by atoms with Crippen molar-refractivity contribution in [2.75, 3.05) is 20.1 Å². The number of fused-ring (bicyclic) bond motifs is 1. The van der Waals surface area contributed by atoms with Crippen molar-refractivity contribution in [3.8, 4) is 0 Å². The summed E-state index contributed by atoms with van der Waals surface area (Å²) in [4.78, 5) is 39.0. The summed E-state index contributed by atoms with van der Waals surface area (Å²) < 4.78 is -1.21. The number of rotatable bonds is 4. The first-order valence-electron chi connectivity index (χ1n) is 9.90. The Hall–Kier alpha value is -2.13. The summed E-state index contributed by atoms with van der Waals surface area (Å²) in [7, 11) is 1.98. The van der Waals surface area contributed by atoms with Crippen LogP contribution in [0.15, 0.2) is 18.2 Å². The van der Waals surface area contributed by atoms with E-state index in [0.29, 0.717) is 18.2 Å². The van der Waals surface area contributed by atoms with Gasteiger partial charge < -0.3 is 10.5 Å². The quantitative estimate of drug-likeness (QED) is 0.447. The van der Waals surface area contributed by atoms with Crippen molar-refractivity contribution in [3.05, 3.63) is 40.1 Å². The van der Waals surface area contributed by atoms with Crippen LogP contribution >= 0.6 is 0 Å². The van der Waals surface area contributed by atoms with Gasteiger partial charge in [0.2, 0.25) is 5.91 Å². The lowest BCUT2D eigenvalue weighted by Gasteiger charge is -2.42. The van der Waals surface area contributed by atoms with Crippen molar-refractivity contribution in [2.45, 2.75) is 50.9 Å². The fourth-order valence-electron chi connectivity index (χ4n) is 4.63. The molecule has 3 amide bonds. The third-order valence-corrected chi connectivity index (χ3v) is 6.34. The van der Waals surface area contributed by atoms with Gasteiger partial charge in [-0.1, -0.05) is 12.1 Å². The Morgan fingerprint density at radius 2 is 1.96 bits per heavy atom. The molecular weight excluding hydrogens is 360 g/mol. The number of carbonyl (C=O) groups is 3. The van der Waals surface area contributed by atoms with E-state index in [1.165, 1.54) is 0 Å². The minimum Gasteiger partial charge on any atom is -0.624 e. The van der Waals surface area contributed by atoms with Gasteiger partial charge in [-0.3, -0.25) is 24.5 Å². The third kappa shape index (κ3) is 3.26. The summed E-state index contributed by atoms with van der Waals surface area (Å²) in [6, 6.07) is 4.94. The summed E-state index contributed by atoms with van der Waals surface area (Å²) >= 11 is 0. The van der Waals surface area contributed by atoms with Crippen LogP contribution in [0.1, 0.15) is 47.2 Å². The van der Waals surface area contributed by atoms with Crippen molar-refractivity contribution in [1.82, 2.24) is 15.5 Å². The molecule has 0 saturated carbocycles. The molecule has 0 radical (unpaired) electrons. The van der Waals surface area contributed by atoms with Crippen LogP contribution in [0.2, 0.25) is 0 Å². The summed E-state index contributed by atoms with van der Waals surface area (Å²) in [5.74, 6) is -1.59. The Kier molecular flexibility index (Phi) is 5.05. The summed E-state index contributed by atoms with van der Waals surface area (Å²) in [5, 5.41) is 19.0. The van der Waals surface area contributed by atoms with E-state index >= 15 is 0 Å². The van der Waals surface area contributed by atoms with Crippen LogP contribution in [-0.2, 0) is 22.7 Å². The zero-order valence-corrected chi connectivity index (χ0v) is 16.1. The van der Waals surface area contributed by atoms with E-state index in [0.717, 1.165) is 37.1 Å². The van der Waals surface area contributed by atoms with Gasteiger partial charge in [0.15, 0.2) is 6.04 Å². The van der Waals surface area contributed by atoms with Crippen molar-refractivity contribution >= 4 is 17.7 Å². The minimum atomic E-state index is -1.21. The molecule has 1 aromatic rings. The number of likely N-dealkylation sites (tertiary alicyclic amines) is 1. The molecule has 3 aliphatic heterocycles. The highest BCUT2D eigenvalue weighted by Gasteiger charge is 2.49. The van der Waals surface area contributed by atoms with Gasteiger partial charge in [-0.2, -0.15) is 0 Å². The molecule has 150 valence electrons. The molecule has 3 heterocycles. The lowest BCUT2D eigenvalue weighted by molar-refractivity contribution is -0.825. The predicted molar refractivity (Wildman–Crippen MR) is 102 cm³/mol. The second kappa shape index (κ2) is 7.36. The Balaban J connectivity index is 1.55. The maximum Gasteiger partial charge on any atom is 0.347 e. The first-order chi connectivity index (χ1) is 13.4. The predicted octanol–water partition coefficient (Wildman–Crippen LogP) is 0.644. The van der Waals surface area contributed by atoms with Gasteiger partial charge in [0, 0.05) is 31.0 Å². The molecule has 8 heteroatoms. The van der Waals surface area contributed by atoms with Crippen molar-refractivity contribution in [3.63, 3.8) is 0 Å². The molecule has 2 fully saturated rings. The molecule has 2 N–H and O–H groups in total. The highest BCUT2D eigenvalue weighted by molar-refractivity contribution is 6.02. The highest BCUT2D eigenvalue weighted by atomic mass is 16.6. The van der Waals surface area contributed by atoms with Crippen LogP contribution in [0.4, 0.5) is 0 Å². The molecule has 2 atom stereocenters. The van der Waals surface area contributed by atoms with E-state index in [2.05, 4.69) is 15.5 Å². The number of hydroxylamine groups is 3. The van der Waals surface area contributed by atoms with Crippen molar-refractivity contribution in [2.24, 2.45) is 0 Å². The molecule has 2 unspecified atom stereocenters. The first kappa shape index (κ1) is 19.2. The smallest absolute Gasteiger partial charge is 0.347 e. The molecule has 4 rings (SSSR count). The largest absolute Gasteiger partial charge is 0.624 e. The van der Waals surface area contributed by atoms with Crippen LogP contribution in [0.5, 0.6) is 0 Å². The minimum absolute atomic E-state index is 0.0381. The molecule has 1 aromatic carbocycles. The standard InChI is InChI=1S/C20H26N4O4/c1-21-14-7-9-23(10-8-14)11-13-3-2-4-15-16(13)12-24(28,20(15)27)17-5-6-18(25)22-19(17)26/h2-4,14,17,21H,5-12H2,1H3,(H,22,25,26). The van der Waals surface area contributed by atoms with Crippen LogP contribution in [0.3, 0.4) is 0 Å². The normalized spacial score (nSPS) is 29.1. The molecule has 3 aliphatic rings. The zero-order chi connectivity index (χ0) is 19.9. The Bertz CT molecular complexity index is 818. The van der Waals surface area contributed by atoms with E-state index in [1.54, 1.807) is 6.07 Å². The lowest BCUT2D eigenvalue weighted by atomic mass is 10.0. The van der Waals surface area contributed by atoms with E-state index < -0.39 is 22.5 Å². The number of nitrogens with one attached hydrogen (secondary N) is 2. The molecule has 0 aliphatic carbocycles. The number of imide groups is 1. The lowest BCUT2D eigenvalue weighted by Crippen LogP contribution is -2.60. The van der Waals surface area contributed by atoms with Crippen LogP contribution < -0.4 is 10.6 Å². The maximum absolute atomic E-state index is 13.5. The number of carbonyl (C=O) groups excluding carboxylic acids is 3. The van der Waals surface area contributed by atoms with Crippen LogP contribution in [0.25, 0.3) is 0 Å². The molecule has 8 nitrogen and oxygen atoms in total. The average Bonchev–Trinajstić information content (AvgIpc) is 2.95. The second-order valence-corrected chi connectivity index (χ2v) is 8.01. The first-order valence-corrected chi connectivity index (χ1v) is 9.90. The Morgan fingerprint density at radius 1 is 1.21 bits per heavy atom. The van der Waals surface area contributed by atoms with Gasteiger partial charge in [-0.25, -0.2) is 4.79 Å². The van der Waals surface area contributed by atoms with Crippen LogP contribution in [-0.4, -0.2) is 59.5 Å². The number of hydrogen-bond acceptors (Lipinski definition) is 6. The molecule has 0 aromatic heterocycles. The molecule has 2 saturated heterocycles. The van der Waals surface area contributed by atoms with Gasteiger partial charge >= 0.3 is 5.91 Å². The van der Waals surface area contributed by atoms with Gasteiger partial charge in [-0.15, -0.1) is 0 Å². The van der Waals surface area contributed by atoms with Crippen LogP contribution in [0, 0.1) is 5.21 Å². The van der Waals surface area contributed by atoms with Crippen molar-refractivity contribution in [1.29, 1.82) is 0 Å². The number of amides is 3. The molecule has 0 bridgehead atoms. The zero-order valence-electron chi connectivity index (χ0n) is 16.1. The second-order valence-electron chi connectivity index (χ2n) is 8.01. The summed E-state index contributed by atoms with van der Waals surface area (Å²) in [5.41, 5.74) is 2.15.